The van der Waals surface area contributed by atoms with Crippen LogP contribution in [0.25, 0.3) is 0 Å². The molecule has 0 aliphatic carbocycles. The van der Waals surface area contributed by atoms with E-state index in [2.05, 4.69) is 17.6 Å². The maximum Gasteiger partial charge on any atom is 0.338 e. The second kappa shape index (κ2) is 10.7. The molecule has 1 aliphatic heterocycles. The van der Waals surface area contributed by atoms with Crippen molar-refractivity contribution in [2.75, 3.05) is 0 Å². The van der Waals surface area contributed by atoms with Gasteiger partial charge in [0.15, 0.2) is 0 Å². The Morgan fingerprint density at radius 2 is 1.77 bits per heavy atom. The average molecular weight is 423 g/mol. The highest BCUT2D eigenvalue weighted by Gasteiger charge is 2.33. The van der Waals surface area contributed by atoms with Gasteiger partial charge in [0.1, 0.15) is 12.4 Å². The summed E-state index contributed by atoms with van der Waals surface area (Å²) in [5.41, 5.74) is 2.97. The Kier molecular flexibility index (Phi) is 7.70. The zero-order valence-corrected chi connectivity index (χ0v) is 18.3. The molecule has 0 aromatic heterocycles. The molecule has 1 aliphatic rings. The summed E-state index contributed by atoms with van der Waals surface area (Å²) in [6.45, 7) is 6.16. The highest BCUT2D eigenvalue weighted by atomic mass is 16.5. The molecule has 2 amide bonds. The van der Waals surface area contributed by atoms with Crippen molar-refractivity contribution in [2.24, 2.45) is 0 Å². The number of hydrogen-bond donors (Lipinski definition) is 2. The fourth-order valence-electron chi connectivity index (χ4n) is 3.43. The summed E-state index contributed by atoms with van der Waals surface area (Å²) in [5, 5.41) is 5.68. The van der Waals surface area contributed by atoms with Gasteiger partial charge in [-0.05, 0) is 49.9 Å². The molecule has 0 fully saturated rings. The lowest BCUT2D eigenvalue weighted by atomic mass is 9.93. The van der Waals surface area contributed by atoms with Crippen LogP contribution in [0.15, 0.2) is 65.9 Å². The molecule has 0 saturated heterocycles. The summed E-state index contributed by atoms with van der Waals surface area (Å²) in [5.74, 6) is 0.303. The number of unbranched alkanes of at least 4 members (excludes halogenated alkanes) is 1. The predicted molar refractivity (Wildman–Crippen MR) is 119 cm³/mol. The number of benzene rings is 2. The first-order chi connectivity index (χ1) is 15.0. The third kappa shape index (κ3) is 6.10. The van der Waals surface area contributed by atoms with Crippen LogP contribution in [0.1, 0.15) is 57.2 Å². The normalized spacial score (nSPS) is 16.0. The van der Waals surface area contributed by atoms with Gasteiger partial charge in [0.2, 0.25) is 0 Å². The van der Waals surface area contributed by atoms with E-state index in [1.807, 2.05) is 68.4 Å². The number of urea groups is 1. The number of carbonyl (C=O) groups is 2. The first-order valence-electron chi connectivity index (χ1n) is 10.8. The van der Waals surface area contributed by atoms with Gasteiger partial charge in [-0.3, -0.25) is 0 Å². The van der Waals surface area contributed by atoms with Crippen molar-refractivity contribution in [1.29, 1.82) is 0 Å². The molecular formula is C25H30N2O4. The van der Waals surface area contributed by atoms with Crippen molar-refractivity contribution >= 4 is 12.0 Å². The van der Waals surface area contributed by atoms with Crippen molar-refractivity contribution in [2.45, 2.75) is 58.8 Å². The van der Waals surface area contributed by atoms with Crippen LogP contribution in [-0.4, -0.2) is 18.1 Å². The number of allylic oxidation sites excluding steroid dienone is 1. The molecular weight excluding hydrogens is 392 g/mol. The molecule has 0 saturated carbocycles. The van der Waals surface area contributed by atoms with Crippen LogP contribution in [0.2, 0.25) is 0 Å². The molecule has 164 valence electrons. The summed E-state index contributed by atoms with van der Waals surface area (Å²) in [4.78, 5) is 25.2. The Hall–Kier alpha value is -3.28. The molecule has 0 bridgehead atoms. The first-order valence-corrected chi connectivity index (χ1v) is 10.8. The minimum absolute atomic E-state index is 0.250. The second-order valence-corrected chi connectivity index (χ2v) is 7.82. The SMILES string of the molecule is CCCCC1=C(C(=O)OC(C)C)C(c2ccc(OCc3ccccc3)cc2)NC(=O)N1. The van der Waals surface area contributed by atoms with Gasteiger partial charge in [0.05, 0.1) is 17.7 Å². The quantitative estimate of drug-likeness (QED) is 0.557. The third-order valence-electron chi connectivity index (χ3n) is 4.96. The number of rotatable bonds is 9. The lowest BCUT2D eigenvalue weighted by Gasteiger charge is -2.30. The standard InChI is InChI=1S/C25H30N2O4/c1-4-5-11-21-22(24(28)31-17(2)3)23(27-25(29)26-21)19-12-14-20(15-13-19)30-16-18-9-7-6-8-10-18/h6-10,12-15,17,23H,4-5,11,16H2,1-3H3,(H2,26,27,29). The lowest BCUT2D eigenvalue weighted by molar-refractivity contribution is -0.143. The van der Waals surface area contributed by atoms with E-state index in [9.17, 15) is 9.59 Å². The van der Waals surface area contributed by atoms with Crippen LogP contribution >= 0.6 is 0 Å². The van der Waals surface area contributed by atoms with Crippen molar-refractivity contribution in [3.8, 4) is 5.75 Å². The Bertz CT molecular complexity index is 920. The molecule has 2 N–H and O–H groups in total. The van der Waals surface area contributed by atoms with E-state index in [0.29, 0.717) is 30.0 Å². The molecule has 0 spiro atoms. The number of carbonyl (C=O) groups excluding carboxylic acids is 2. The van der Waals surface area contributed by atoms with Crippen LogP contribution in [0.4, 0.5) is 4.79 Å². The molecule has 1 heterocycles. The number of esters is 1. The van der Waals surface area contributed by atoms with Gasteiger partial charge in [0.25, 0.3) is 0 Å². The molecule has 6 nitrogen and oxygen atoms in total. The van der Waals surface area contributed by atoms with E-state index in [1.54, 1.807) is 0 Å². The highest BCUT2D eigenvalue weighted by molar-refractivity contribution is 5.95. The van der Waals surface area contributed by atoms with Crippen LogP contribution < -0.4 is 15.4 Å². The minimum Gasteiger partial charge on any atom is -0.489 e. The van der Waals surface area contributed by atoms with E-state index < -0.39 is 12.0 Å². The summed E-state index contributed by atoms with van der Waals surface area (Å²) < 4.78 is 11.3. The fourth-order valence-corrected chi connectivity index (χ4v) is 3.43. The minimum atomic E-state index is -0.574. The van der Waals surface area contributed by atoms with Gasteiger partial charge in [-0.25, -0.2) is 9.59 Å². The average Bonchev–Trinajstić information content (AvgIpc) is 2.76. The highest BCUT2D eigenvalue weighted by Crippen LogP contribution is 2.31. The van der Waals surface area contributed by atoms with Gasteiger partial charge in [-0.15, -0.1) is 0 Å². The molecule has 2 aromatic carbocycles. The number of nitrogens with one attached hydrogen (secondary N) is 2. The second-order valence-electron chi connectivity index (χ2n) is 7.82. The molecule has 6 heteroatoms. The maximum atomic E-state index is 12.9. The maximum absolute atomic E-state index is 12.9. The van der Waals surface area contributed by atoms with E-state index in [-0.39, 0.29) is 12.1 Å². The Morgan fingerprint density at radius 1 is 1.06 bits per heavy atom. The summed E-state index contributed by atoms with van der Waals surface area (Å²) in [7, 11) is 0. The van der Waals surface area contributed by atoms with E-state index in [0.717, 1.165) is 24.0 Å². The molecule has 1 atom stereocenters. The van der Waals surface area contributed by atoms with Gasteiger partial charge in [0, 0.05) is 5.70 Å². The Morgan fingerprint density at radius 3 is 2.42 bits per heavy atom. The summed E-state index contributed by atoms with van der Waals surface area (Å²) >= 11 is 0. The smallest absolute Gasteiger partial charge is 0.338 e. The monoisotopic (exact) mass is 422 g/mol. The predicted octanol–water partition coefficient (Wildman–Crippen LogP) is 5.02. The molecule has 2 aromatic rings. The van der Waals surface area contributed by atoms with Crippen molar-refractivity contribution in [3.63, 3.8) is 0 Å². The van der Waals surface area contributed by atoms with Gasteiger partial charge in [-0.1, -0.05) is 55.8 Å². The largest absolute Gasteiger partial charge is 0.489 e. The lowest BCUT2D eigenvalue weighted by Crippen LogP contribution is -2.46. The van der Waals surface area contributed by atoms with Crippen molar-refractivity contribution in [3.05, 3.63) is 77.0 Å². The summed E-state index contributed by atoms with van der Waals surface area (Å²) in [6.07, 6.45) is 2.19. The zero-order valence-electron chi connectivity index (χ0n) is 18.3. The zero-order chi connectivity index (χ0) is 22.2. The van der Waals surface area contributed by atoms with Crippen LogP contribution in [-0.2, 0) is 16.1 Å². The number of hydrogen-bond acceptors (Lipinski definition) is 4. The first kappa shape index (κ1) is 22.4. The third-order valence-corrected chi connectivity index (χ3v) is 4.96. The van der Waals surface area contributed by atoms with Crippen LogP contribution in [0.3, 0.4) is 0 Å². The summed E-state index contributed by atoms with van der Waals surface area (Å²) in [6, 6.07) is 16.5. The van der Waals surface area contributed by atoms with E-state index in [4.69, 9.17) is 9.47 Å². The topological polar surface area (TPSA) is 76.7 Å². The fraction of sp³-hybridized carbons (Fsp3) is 0.360. The Balaban J connectivity index is 1.83. The molecule has 3 rings (SSSR count). The molecule has 31 heavy (non-hydrogen) atoms. The number of amides is 2. The van der Waals surface area contributed by atoms with Crippen molar-refractivity contribution in [1.82, 2.24) is 10.6 Å². The van der Waals surface area contributed by atoms with Crippen molar-refractivity contribution < 1.29 is 19.1 Å². The van der Waals surface area contributed by atoms with Crippen LogP contribution in [0, 0.1) is 0 Å². The van der Waals surface area contributed by atoms with E-state index >= 15 is 0 Å². The van der Waals surface area contributed by atoms with Crippen LogP contribution in [0.5, 0.6) is 5.75 Å². The van der Waals surface area contributed by atoms with Gasteiger partial charge >= 0.3 is 12.0 Å². The number of ether oxygens (including phenoxy) is 2. The Labute approximate surface area is 183 Å². The van der Waals surface area contributed by atoms with Gasteiger partial charge in [-0.2, -0.15) is 0 Å². The van der Waals surface area contributed by atoms with E-state index in [1.165, 1.54) is 0 Å². The van der Waals surface area contributed by atoms with Gasteiger partial charge < -0.3 is 20.1 Å². The molecule has 0 radical (unpaired) electrons. The molecule has 1 unspecified atom stereocenters.